The molecule has 0 fully saturated rings. The molecule has 0 saturated heterocycles. The van der Waals surface area contributed by atoms with Crippen molar-refractivity contribution in [2.45, 2.75) is 39.3 Å². The molecule has 0 aliphatic heterocycles. The fraction of sp³-hybridized carbons (Fsp3) is 0.333. The Bertz CT molecular complexity index is 595. The Morgan fingerprint density at radius 1 is 1.10 bits per heavy atom. The van der Waals surface area contributed by atoms with Gasteiger partial charge in [0.1, 0.15) is 11.6 Å². The van der Waals surface area contributed by atoms with Gasteiger partial charge in [0.2, 0.25) is 0 Å². The molecular weight excluding hydrogens is 265 g/mol. The van der Waals surface area contributed by atoms with Gasteiger partial charge in [-0.3, -0.25) is 0 Å². The van der Waals surface area contributed by atoms with Crippen LogP contribution in [0.4, 0.5) is 4.39 Å². The number of aryl methyl sites for hydroxylation is 1. The van der Waals surface area contributed by atoms with Crippen molar-refractivity contribution >= 4 is 0 Å². The highest BCUT2D eigenvalue weighted by atomic mass is 19.1. The third-order valence-corrected chi connectivity index (χ3v) is 3.64. The number of halogens is 1. The van der Waals surface area contributed by atoms with Gasteiger partial charge in [0, 0.05) is 17.6 Å². The summed E-state index contributed by atoms with van der Waals surface area (Å²) in [4.78, 5) is 0. The van der Waals surface area contributed by atoms with Gasteiger partial charge in [0.05, 0.1) is 0 Å². The van der Waals surface area contributed by atoms with E-state index in [4.69, 9.17) is 0 Å². The Labute approximate surface area is 125 Å². The second-order valence-electron chi connectivity index (χ2n) is 5.68. The van der Waals surface area contributed by atoms with Crippen molar-refractivity contribution in [3.05, 3.63) is 65.0 Å². The van der Waals surface area contributed by atoms with E-state index in [1.165, 1.54) is 12.1 Å². The van der Waals surface area contributed by atoms with Crippen molar-refractivity contribution in [3.8, 4) is 5.75 Å². The van der Waals surface area contributed by atoms with Crippen molar-refractivity contribution < 1.29 is 9.50 Å². The fourth-order valence-corrected chi connectivity index (χ4v) is 2.57. The highest BCUT2D eigenvalue weighted by Gasteiger charge is 2.13. The maximum atomic E-state index is 12.9. The van der Waals surface area contributed by atoms with E-state index < -0.39 is 0 Å². The van der Waals surface area contributed by atoms with E-state index in [9.17, 15) is 9.50 Å². The maximum absolute atomic E-state index is 12.9. The van der Waals surface area contributed by atoms with Gasteiger partial charge in [-0.15, -0.1) is 0 Å². The summed E-state index contributed by atoms with van der Waals surface area (Å²) in [6, 6.07) is 12.5. The molecular formula is C18H22FNO. The van der Waals surface area contributed by atoms with E-state index in [-0.39, 0.29) is 17.9 Å². The van der Waals surface area contributed by atoms with Crippen LogP contribution in [0.5, 0.6) is 5.75 Å². The molecule has 2 rings (SSSR count). The molecule has 0 heterocycles. The van der Waals surface area contributed by atoms with E-state index in [1.54, 1.807) is 6.07 Å². The van der Waals surface area contributed by atoms with Crippen LogP contribution >= 0.6 is 0 Å². The highest BCUT2D eigenvalue weighted by molar-refractivity contribution is 5.37. The number of benzene rings is 2. The molecule has 0 aliphatic carbocycles. The van der Waals surface area contributed by atoms with Crippen LogP contribution < -0.4 is 5.32 Å². The third kappa shape index (κ3) is 4.30. The van der Waals surface area contributed by atoms with Gasteiger partial charge in [0.15, 0.2) is 0 Å². The summed E-state index contributed by atoms with van der Waals surface area (Å²) in [7, 11) is 0. The van der Waals surface area contributed by atoms with E-state index in [1.807, 2.05) is 38.1 Å². The summed E-state index contributed by atoms with van der Waals surface area (Å²) in [5, 5.41) is 13.4. The van der Waals surface area contributed by atoms with E-state index in [0.717, 1.165) is 23.1 Å². The molecule has 0 bridgehead atoms. The highest BCUT2D eigenvalue weighted by Crippen LogP contribution is 2.25. The number of hydrogen-bond acceptors (Lipinski definition) is 2. The molecule has 2 aromatic rings. The van der Waals surface area contributed by atoms with Gasteiger partial charge in [-0.25, -0.2) is 4.39 Å². The topological polar surface area (TPSA) is 32.3 Å². The SMILES string of the molecule is Cc1ccc(O)c(C(C)NC(C)Cc2ccc(F)cc2)c1. The van der Waals surface area contributed by atoms with E-state index >= 15 is 0 Å². The predicted octanol–water partition coefficient (Wildman–Crippen LogP) is 4.12. The molecule has 0 amide bonds. The smallest absolute Gasteiger partial charge is 0.123 e. The zero-order valence-electron chi connectivity index (χ0n) is 12.7. The minimum absolute atomic E-state index is 0.0559. The van der Waals surface area contributed by atoms with Crippen LogP contribution in [0.25, 0.3) is 0 Å². The molecule has 2 N–H and O–H groups in total. The molecule has 2 aromatic carbocycles. The van der Waals surface area contributed by atoms with Crippen LogP contribution in [-0.4, -0.2) is 11.1 Å². The molecule has 3 heteroatoms. The molecule has 0 aromatic heterocycles. The van der Waals surface area contributed by atoms with Crippen molar-refractivity contribution in [1.82, 2.24) is 5.32 Å². The van der Waals surface area contributed by atoms with Gasteiger partial charge in [0.25, 0.3) is 0 Å². The number of phenolic OH excluding ortho intramolecular Hbond substituents is 1. The molecule has 112 valence electrons. The Balaban J connectivity index is 2.00. The first kappa shape index (κ1) is 15.5. The Kier molecular flexibility index (Phi) is 4.97. The standard InChI is InChI=1S/C18H22FNO/c1-12-4-9-18(21)17(10-12)14(3)20-13(2)11-15-5-7-16(19)8-6-15/h4-10,13-14,20-21H,11H2,1-3H3. The molecule has 0 saturated carbocycles. The number of rotatable bonds is 5. The van der Waals surface area contributed by atoms with Gasteiger partial charge in [-0.1, -0.05) is 29.8 Å². The predicted molar refractivity (Wildman–Crippen MR) is 84.0 cm³/mol. The minimum Gasteiger partial charge on any atom is -0.508 e. The maximum Gasteiger partial charge on any atom is 0.123 e. The van der Waals surface area contributed by atoms with E-state index in [2.05, 4.69) is 12.2 Å². The van der Waals surface area contributed by atoms with Crippen LogP contribution in [-0.2, 0) is 6.42 Å². The number of phenols is 1. The Morgan fingerprint density at radius 3 is 2.43 bits per heavy atom. The van der Waals surface area contributed by atoms with Gasteiger partial charge < -0.3 is 10.4 Å². The van der Waals surface area contributed by atoms with Crippen molar-refractivity contribution in [2.75, 3.05) is 0 Å². The zero-order valence-corrected chi connectivity index (χ0v) is 12.7. The van der Waals surface area contributed by atoms with E-state index in [0.29, 0.717) is 5.75 Å². The number of aromatic hydroxyl groups is 1. The minimum atomic E-state index is -0.211. The molecule has 0 aliphatic rings. The van der Waals surface area contributed by atoms with Crippen molar-refractivity contribution in [1.29, 1.82) is 0 Å². The van der Waals surface area contributed by atoms with Crippen molar-refractivity contribution in [2.24, 2.45) is 0 Å². The summed E-state index contributed by atoms with van der Waals surface area (Å²) < 4.78 is 12.9. The van der Waals surface area contributed by atoms with Gasteiger partial charge >= 0.3 is 0 Å². The Hall–Kier alpha value is -1.87. The molecule has 2 atom stereocenters. The summed E-state index contributed by atoms with van der Waals surface area (Å²) >= 11 is 0. The summed E-state index contributed by atoms with van der Waals surface area (Å²) in [6.07, 6.45) is 0.817. The first-order valence-electron chi connectivity index (χ1n) is 7.25. The largest absolute Gasteiger partial charge is 0.508 e. The van der Waals surface area contributed by atoms with Gasteiger partial charge in [-0.2, -0.15) is 0 Å². The van der Waals surface area contributed by atoms with Crippen molar-refractivity contribution in [3.63, 3.8) is 0 Å². The lowest BCUT2D eigenvalue weighted by atomic mass is 10.0. The van der Waals surface area contributed by atoms with Crippen LogP contribution in [0.3, 0.4) is 0 Å². The second kappa shape index (κ2) is 6.72. The Morgan fingerprint density at radius 2 is 1.76 bits per heavy atom. The average Bonchev–Trinajstić information content (AvgIpc) is 2.44. The normalized spacial score (nSPS) is 13.9. The molecule has 0 radical (unpaired) electrons. The van der Waals surface area contributed by atoms with Gasteiger partial charge in [-0.05, 0) is 51.0 Å². The summed E-state index contributed by atoms with van der Waals surface area (Å²) in [5.41, 5.74) is 3.13. The fourth-order valence-electron chi connectivity index (χ4n) is 2.57. The molecule has 0 spiro atoms. The monoisotopic (exact) mass is 287 g/mol. The molecule has 2 unspecified atom stereocenters. The lowest BCUT2D eigenvalue weighted by Crippen LogP contribution is -2.30. The van der Waals surface area contributed by atoms with Crippen LogP contribution in [0, 0.1) is 12.7 Å². The average molecular weight is 287 g/mol. The first-order valence-corrected chi connectivity index (χ1v) is 7.25. The molecule has 2 nitrogen and oxygen atoms in total. The summed E-state index contributed by atoms with van der Waals surface area (Å²) in [6.45, 7) is 6.14. The quantitative estimate of drug-likeness (QED) is 0.867. The third-order valence-electron chi connectivity index (χ3n) is 3.64. The second-order valence-corrected chi connectivity index (χ2v) is 5.68. The zero-order chi connectivity index (χ0) is 15.4. The first-order chi connectivity index (χ1) is 9.95. The number of nitrogens with one attached hydrogen (secondary N) is 1. The molecule has 21 heavy (non-hydrogen) atoms. The van der Waals surface area contributed by atoms with Crippen LogP contribution in [0.15, 0.2) is 42.5 Å². The van der Waals surface area contributed by atoms with Crippen LogP contribution in [0.2, 0.25) is 0 Å². The summed E-state index contributed by atoms with van der Waals surface area (Å²) in [5.74, 6) is 0.104. The number of hydrogen-bond donors (Lipinski definition) is 2. The lowest BCUT2D eigenvalue weighted by Gasteiger charge is -2.21. The lowest BCUT2D eigenvalue weighted by molar-refractivity contribution is 0.433. The van der Waals surface area contributed by atoms with Crippen LogP contribution in [0.1, 0.15) is 36.6 Å².